The first-order chi connectivity index (χ1) is 9.47. The molecular formula is C16H25N3O. The Labute approximate surface area is 121 Å². The smallest absolute Gasteiger partial charge is 0.321 e. The minimum atomic E-state index is -0.00258. The molecule has 0 aromatic heterocycles. The van der Waals surface area contributed by atoms with E-state index < -0.39 is 0 Å². The van der Waals surface area contributed by atoms with Gasteiger partial charge < -0.3 is 15.5 Å². The molecule has 0 saturated carbocycles. The van der Waals surface area contributed by atoms with Crippen molar-refractivity contribution in [3.63, 3.8) is 0 Å². The van der Waals surface area contributed by atoms with Crippen LogP contribution in [0.2, 0.25) is 0 Å². The molecule has 0 atom stereocenters. The first kappa shape index (κ1) is 14.9. The molecule has 2 rings (SSSR count). The lowest BCUT2D eigenvalue weighted by atomic mass is 9.87. The van der Waals surface area contributed by atoms with E-state index >= 15 is 0 Å². The van der Waals surface area contributed by atoms with Crippen LogP contribution in [0.4, 0.5) is 10.5 Å². The van der Waals surface area contributed by atoms with Crippen molar-refractivity contribution < 1.29 is 4.79 Å². The van der Waals surface area contributed by atoms with E-state index in [0.29, 0.717) is 0 Å². The summed E-state index contributed by atoms with van der Waals surface area (Å²) in [5, 5.41) is 6.28. The maximum Gasteiger partial charge on any atom is 0.321 e. The summed E-state index contributed by atoms with van der Waals surface area (Å²) >= 11 is 0. The molecule has 2 amide bonds. The lowest BCUT2D eigenvalue weighted by Gasteiger charge is -2.22. The Morgan fingerprint density at radius 1 is 1.15 bits per heavy atom. The van der Waals surface area contributed by atoms with E-state index in [2.05, 4.69) is 43.5 Å². The second-order valence-corrected chi connectivity index (χ2v) is 6.35. The lowest BCUT2D eigenvalue weighted by molar-refractivity contribution is 0.215. The number of amides is 2. The molecule has 4 heteroatoms. The van der Waals surface area contributed by atoms with Crippen LogP contribution in [0.25, 0.3) is 0 Å². The number of urea groups is 1. The van der Waals surface area contributed by atoms with E-state index in [1.807, 2.05) is 17.0 Å². The molecule has 20 heavy (non-hydrogen) atoms. The summed E-state index contributed by atoms with van der Waals surface area (Å²) in [6.45, 7) is 10.0. The molecule has 1 aromatic carbocycles. The van der Waals surface area contributed by atoms with Crippen molar-refractivity contribution >= 4 is 11.7 Å². The van der Waals surface area contributed by atoms with Crippen LogP contribution in [0.1, 0.15) is 32.8 Å². The van der Waals surface area contributed by atoms with Crippen LogP contribution in [0, 0.1) is 0 Å². The summed E-state index contributed by atoms with van der Waals surface area (Å²) in [5.74, 6) is 0. The van der Waals surface area contributed by atoms with E-state index in [-0.39, 0.29) is 11.4 Å². The number of nitrogens with zero attached hydrogens (tertiary/aromatic N) is 1. The van der Waals surface area contributed by atoms with Crippen LogP contribution >= 0.6 is 0 Å². The third kappa shape index (κ3) is 3.97. The van der Waals surface area contributed by atoms with Crippen LogP contribution < -0.4 is 10.6 Å². The molecule has 110 valence electrons. The van der Waals surface area contributed by atoms with Crippen LogP contribution in [-0.4, -0.2) is 37.1 Å². The Bertz CT molecular complexity index is 440. The minimum Gasteiger partial charge on any atom is -0.323 e. The summed E-state index contributed by atoms with van der Waals surface area (Å²) in [7, 11) is 0. The molecule has 0 aliphatic carbocycles. The average molecular weight is 275 g/mol. The predicted molar refractivity (Wildman–Crippen MR) is 83.2 cm³/mol. The van der Waals surface area contributed by atoms with Gasteiger partial charge in [0.05, 0.1) is 0 Å². The van der Waals surface area contributed by atoms with Crippen molar-refractivity contribution in [1.29, 1.82) is 0 Å². The quantitative estimate of drug-likeness (QED) is 0.828. The van der Waals surface area contributed by atoms with E-state index in [1.54, 1.807) is 0 Å². The fraction of sp³-hybridized carbons (Fsp3) is 0.562. The maximum atomic E-state index is 12.2. The Balaban J connectivity index is 1.97. The van der Waals surface area contributed by atoms with Crippen LogP contribution in [0.5, 0.6) is 0 Å². The van der Waals surface area contributed by atoms with Crippen LogP contribution in [-0.2, 0) is 5.41 Å². The standard InChI is InChI=1S/C16H25N3O/c1-16(2,3)13-5-7-14(8-6-13)18-15(20)19-11-4-9-17-10-12-19/h5-8,17H,4,9-12H2,1-3H3,(H,18,20). The fourth-order valence-corrected chi connectivity index (χ4v) is 2.30. The van der Waals surface area contributed by atoms with Gasteiger partial charge in [0.15, 0.2) is 0 Å². The van der Waals surface area contributed by atoms with Crippen LogP contribution in [0.3, 0.4) is 0 Å². The molecule has 1 aromatic rings. The highest BCUT2D eigenvalue weighted by Crippen LogP contribution is 2.23. The number of hydrogen-bond donors (Lipinski definition) is 2. The molecule has 0 unspecified atom stereocenters. The third-order valence-electron chi connectivity index (χ3n) is 3.63. The number of anilines is 1. The zero-order chi connectivity index (χ0) is 14.6. The predicted octanol–water partition coefficient (Wildman–Crippen LogP) is 2.81. The van der Waals surface area contributed by atoms with Gasteiger partial charge in [-0.2, -0.15) is 0 Å². The van der Waals surface area contributed by atoms with Gasteiger partial charge in [-0.25, -0.2) is 4.79 Å². The van der Waals surface area contributed by atoms with Gasteiger partial charge in [0.1, 0.15) is 0 Å². The van der Waals surface area contributed by atoms with Crippen LogP contribution in [0.15, 0.2) is 24.3 Å². The molecule has 4 nitrogen and oxygen atoms in total. The highest BCUT2D eigenvalue weighted by Gasteiger charge is 2.16. The molecule has 1 heterocycles. The van der Waals surface area contributed by atoms with Crippen molar-refractivity contribution in [3.05, 3.63) is 29.8 Å². The van der Waals surface area contributed by atoms with E-state index in [9.17, 15) is 4.79 Å². The molecular weight excluding hydrogens is 250 g/mol. The zero-order valence-corrected chi connectivity index (χ0v) is 12.7. The zero-order valence-electron chi connectivity index (χ0n) is 12.7. The topological polar surface area (TPSA) is 44.4 Å². The van der Waals surface area contributed by atoms with Crippen molar-refractivity contribution in [2.24, 2.45) is 0 Å². The van der Waals surface area contributed by atoms with Crippen molar-refractivity contribution in [1.82, 2.24) is 10.2 Å². The molecule has 0 bridgehead atoms. The number of nitrogens with one attached hydrogen (secondary N) is 2. The second-order valence-electron chi connectivity index (χ2n) is 6.35. The Kier molecular flexibility index (Phi) is 4.65. The van der Waals surface area contributed by atoms with E-state index in [1.165, 1.54) is 5.56 Å². The van der Waals surface area contributed by atoms with Gasteiger partial charge in [-0.05, 0) is 36.1 Å². The lowest BCUT2D eigenvalue weighted by Crippen LogP contribution is -2.37. The van der Waals surface area contributed by atoms with Gasteiger partial charge >= 0.3 is 6.03 Å². The number of carbonyl (C=O) groups is 1. The summed E-state index contributed by atoms with van der Waals surface area (Å²) in [4.78, 5) is 14.1. The first-order valence-electron chi connectivity index (χ1n) is 7.34. The van der Waals surface area contributed by atoms with Crippen molar-refractivity contribution in [3.8, 4) is 0 Å². The summed E-state index contributed by atoms with van der Waals surface area (Å²) < 4.78 is 0. The van der Waals surface area contributed by atoms with Crippen molar-refractivity contribution in [2.75, 3.05) is 31.5 Å². The monoisotopic (exact) mass is 275 g/mol. The van der Waals surface area contributed by atoms with E-state index in [0.717, 1.165) is 38.3 Å². The fourth-order valence-electron chi connectivity index (χ4n) is 2.30. The molecule has 1 saturated heterocycles. The SMILES string of the molecule is CC(C)(C)c1ccc(NC(=O)N2CCCNCC2)cc1. The molecule has 1 aliphatic heterocycles. The Morgan fingerprint density at radius 3 is 2.50 bits per heavy atom. The summed E-state index contributed by atoms with van der Waals surface area (Å²) in [6, 6.07) is 8.12. The number of hydrogen-bond acceptors (Lipinski definition) is 2. The molecule has 0 spiro atoms. The highest BCUT2D eigenvalue weighted by molar-refractivity contribution is 5.89. The molecule has 1 fully saturated rings. The van der Waals surface area contributed by atoms with Gasteiger partial charge in [-0.3, -0.25) is 0 Å². The average Bonchev–Trinajstić information content (AvgIpc) is 2.67. The second kappa shape index (κ2) is 6.27. The maximum absolute atomic E-state index is 12.2. The number of carbonyl (C=O) groups excluding carboxylic acids is 1. The van der Waals surface area contributed by atoms with Gasteiger partial charge in [0.25, 0.3) is 0 Å². The number of rotatable bonds is 1. The molecule has 1 aliphatic rings. The Morgan fingerprint density at radius 2 is 1.85 bits per heavy atom. The normalized spacial score (nSPS) is 16.6. The van der Waals surface area contributed by atoms with E-state index in [4.69, 9.17) is 0 Å². The van der Waals surface area contributed by atoms with Gasteiger partial charge in [0.2, 0.25) is 0 Å². The highest BCUT2D eigenvalue weighted by atomic mass is 16.2. The number of benzene rings is 1. The summed E-state index contributed by atoms with van der Waals surface area (Å²) in [6.07, 6.45) is 1.01. The van der Waals surface area contributed by atoms with Gasteiger partial charge in [-0.1, -0.05) is 32.9 Å². The van der Waals surface area contributed by atoms with Gasteiger partial charge in [0, 0.05) is 25.3 Å². The Hall–Kier alpha value is -1.55. The molecule has 2 N–H and O–H groups in total. The molecule has 0 radical (unpaired) electrons. The van der Waals surface area contributed by atoms with Gasteiger partial charge in [-0.15, -0.1) is 0 Å². The largest absolute Gasteiger partial charge is 0.323 e. The first-order valence-corrected chi connectivity index (χ1v) is 7.34. The minimum absolute atomic E-state index is 0.00258. The summed E-state index contributed by atoms with van der Waals surface area (Å²) in [5.41, 5.74) is 2.27. The third-order valence-corrected chi connectivity index (χ3v) is 3.63. The van der Waals surface area contributed by atoms with Crippen molar-refractivity contribution in [2.45, 2.75) is 32.6 Å².